The maximum Gasteiger partial charge on any atom is 0.261 e. The van der Waals surface area contributed by atoms with Crippen LogP contribution in [-0.2, 0) is 32.7 Å². The first kappa shape index (κ1) is 17.0. The van der Waals surface area contributed by atoms with E-state index in [4.69, 9.17) is 0 Å². The molecule has 2 aromatic rings. The van der Waals surface area contributed by atoms with Crippen LogP contribution in [0.1, 0.15) is 24.0 Å². The molecule has 0 aromatic heterocycles. The predicted molar refractivity (Wildman–Crippen MR) is 93.4 cm³/mol. The van der Waals surface area contributed by atoms with E-state index in [1.54, 1.807) is 12.1 Å². The minimum absolute atomic E-state index is 0.152. The van der Waals surface area contributed by atoms with E-state index in [9.17, 15) is 16.8 Å². The molecule has 7 heteroatoms. The Bertz CT molecular complexity index is 962. The highest BCUT2D eigenvalue weighted by atomic mass is 32.2. The van der Waals surface area contributed by atoms with Crippen molar-refractivity contribution in [3.05, 3.63) is 53.6 Å². The topological polar surface area (TPSA) is 80.3 Å². The number of sulfone groups is 1. The van der Waals surface area contributed by atoms with E-state index in [0.29, 0.717) is 5.69 Å². The highest BCUT2D eigenvalue weighted by Gasteiger charge is 2.18. The third-order valence-electron chi connectivity index (χ3n) is 4.16. The zero-order valence-corrected chi connectivity index (χ0v) is 15.0. The summed E-state index contributed by atoms with van der Waals surface area (Å²) in [6, 6.07) is 10.9. The van der Waals surface area contributed by atoms with Crippen LogP contribution in [0.2, 0.25) is 0 Å². The van der Waals surface area contributed by atoms with Crippen LogP contribution in [0.25, 0.3) is 0 Å². The van der Waals surface area contributed by atoms with Gasteiger partial charge >= 0.3 is 0 Å². The number of anilines is 1. The summed E-state index contributed by atoms with van der Waals surface area (Å²) in [5.74, 6) is 0. The third-order valence-corrected chi connectivity index (χ3v) is 6.67. The van der Waals surface area contributed by atoms with E-state index >= 15 is 0 Å². The smallest absolute Gasteiger partial charge is 0.261 e. The van der Waals surface area contributed by atoms with Crippen molar-refractivity contribution >= 4 is 25.5 Å². The molecule has 5 nitrogen and oxygen atoms in total. The molecule has 2 aromatic carbocycles. The van der Waals surface area contributed by atoms with Crippen molar-refractivity contribution in [2.24, 2.45) is 0 Å². The molecule has 0 amide bonds. The van der Waals surface area contributed by atoms with Crippen molar-refractivity contribution in [3.8, 4) is 0 Å². The number of nitrogens with one attached hydrogen (secondary N) is 1. The fourth-order valence-corrected chi connectivity index (χ4v) is 4.60. The molecule has 0 unspecified atom stereocenters. The maximum absolute atomic E-state index is 12.5. The number of aryl methyl sites for hydroxylation is 2. The number of sulfonamides is 1. The van der Waals surface area contributed by atoms with Crippen LogP contribution < -0.4 is 4.72 Å². The zero-order valence-electron chi connectivity index (χ0n) is 13.3. The Labute approximate surface area is 142 Å². The summed E-state index contributed by atoms with van der Waals surface area (Å²) in [5.41, 5.74) is 2.65. The summed E-state index contributed by atoms with van der Waals surface area (Å²) in [6.45, 7) is 0. The predicted octanol–water partition coefficient (Wildman–Crippen LogP) is 2.77. The van der Waals surface area contributed by atoms with E-state index in [0.717, 1.165) is 37.5 Å². The average molecular weight is 365 g/mol. The molecule has 0 heterocycles. The first-order chi connectivity index (χ1) is 11.3. The van der Waals surface area contributed by atoms with E-state index in [2.05, 4.69) is 4.72 Å². The second-order valence-electron chi connectivity index (χ2n) is 6.04. The number of fused-ring (bicyclic) bond motifs is 1. The van der Waals surface area contributed by atoms with Crippen molar-refractivity contribution in [1.29, 1.82) is 0 Å². The summed E-state index contributed by atoms with van der Waals surface area (Å²) in [4.78, 5) is 0.384. The quantitative estimate of drug-likeness (QED) is 0.903. The Morgan fingerprint density at radius 3 is 2.00 bits per heavy atom. The molecule has 1 aliphatic rings. The van der Waals surface area contributed by atoms with Gasteiger partial charge in [0, 0.05) is 11.9 Å². The van der Waals surface area contributed by atoms with Gasteiger partial charge in [-0.2, -0.15) is 0 Å². The molecule has 128 valence electrons. The van der Waals surface area contributed by atoms with Crippen LogP contribution in [0, 0.1) is 0 Å². The summed E-state index contributed by atoms with van der Waals surface area (Å²) in [5, 5.41) is 0. The van der Waals surface area contributed by atoms with Crippen LogP contribution in [0.5, 0.6) is 0 Å². The normalized spacial score (nSPS) is 14.9. The Hall–Kier alpha value is -1.86. The molecule has 0 radical (unpaired) electrons. The van der Waals surface area contributed by atoms with Crippen molar-refractivity contribution < 1.29 is 16.8 Å². The Kier molecular flexibility index (Phi) is 4.40. The molecule has 0 saturated heterocycles. The second kappa shape index (κ2) is 6.22. The van der Waals surface area contributed by atoms with Crippen LogP contribution in [0.15, 0.2) is 52.3 Å². The molecular weight excluding hydrogens is 346 g/mol. The van der Waals surface area contributed by atoms with Crippen molar-refractivity contribution in [2.45, 2.75) is 35.5 Å². The SMILES string of the molecule is CS(=O)(=O)c1ccc(NS(=O)(=O)c2ccc3c(c2)CCCC3)cc1. The molecule has 3 rings (SSSR count). The molecule has 0 fully saturated rings. The molecular formula is C17H19NO4S2. The molecule has 24 heavy (non-hydrogen) atoms. The third kappa shape index (κ3) is 3.62. The lowest BCUT2D eigenvalue weighted by Crippen LogP contribution is -2.14. The van der Waals surface area contributed by atoms with Crippen molar-refractivity contribution in [2.75, 3.05) is 11.0 Å². The Morgan fingerprint density at radius 2 is 1.38 bits per heavy atom. The molecule has 0 aliphatic heterocycles. The maximum atomic E-state index is 12.5. The van der Waals surface area contributed by atoms with E-state index in [1.165, 1.54) is 29.8 Å². The molecule has 0 spiro atoms. The number of hydrogen-bond acceptors (Lipinski definition) is 4. The highest BCUT2D eigenvalue weighted by molar-refractivity contribution is 7.92. The van der Waals surface area contributed by atoms with Gasteiger partial charge in [0.05, 0.1) is 9.79 Å². The van der Waals surface area contributed by atoms with Gasteiger partial charge in [-0.1, -0.05) is 6.07 Å². The standard InChI is InChI=1S/C17H19NO4S2/c1-23(19,20)16-10-7-15(8-11-16)18-24(21,22)17-9-6-13-4-2-3-5-14(13)12-17/h6-12,18H,2-5H2,1H3. The molecule has 0 saturated carbocycles. The van der Waals surface area contributed by atoms with Gasteiger partial charge in [-0.15, -0.1) is 0 Å². The number of hydrogen-bond donors (Lipinski definition) is 1. The van der Waals surface area contributed by atoms with Crippen LogP contribution in [0.3, 0.4) is 0 Å². The van der Waals surface area contributed by atoms with Crippen LogP contribution in [-0.4, -0.2) is 23.1 Å². The van der Waals surface area contributed by atoms with Gasteiger partial charge in [0.15, 0.2) is 9.84 Å². The average Bonchev–Trinajstić information content (AvgIpc) is 2.53. The lowest BCUT2D eigenvalue weighted by atomic mass is 9.92. The lowest BCUT2D eigenvalue weighted by Gasteiger charge is -2.17. The monoisotopic (exact) mass is 365 g/mol. The first-order valence-electron chi connectivity index (χ1n) is 7.70. The summed E-state index contributed by atoms with van der Waals surface area (Å²) in [7, 11) is -7.00. The van der Waals surface area contributed by atoms with Gasteiger partial charge in [0.2, 0.25) is 0 Å². The minimum Gasteiger partial charge on any atom is -0.280 e. The second-order valence-corrected chi connectivity index (χ2v) is 9.74. The van der Waals surface area contributed by atoms with Gasteiger partial charge in [-0.25, -0.2) is 16.8 Å². The summed E-state index contributed by atoms with van der Waals surface area (Å²) in [6.07, 6.45) is 5.23. The molecule has 1 aliphatic carbocycles. The zero-order chi connectivity index (χ0) is 17.4. The van der Waals surface area contributed by atoms with E-state index in [1.807, 2.05) is 6.07 Å². The van der Waals surface area contributed by atoms with Crippen molar-refractivity contribution in [3.63, 3.8) is 0 Å². The number of benzene rings is 2. The highest BCUT2D eigenvalue weighted by Crippen LogP contribution is 2.25. The van der Waals surface area contributed by atoms with Gasteiger partial charge < -0.3 is 0 Å². The Morgan fingerprint density at radius 1 is 0.792 bits per heavy atom. The largest absolute Gasteiger partial charge is 0.280 e. The lowest BCUT2D eigenvalue weighted by molar-refractivity contribution is 0.599. The van der Waals surface area contributed by atoms with E-state index < -0.39 is 19.9 Å². The first-order valence-corrected chi connectivity index (χ1v) is 11.1. The van der Waals surface area contributed by atoms with E-state index in [-0.39, 0.29) is 9.79 Å². The van der Waals surface area contributed by atoms with Crippen LogP contribution >= 0.6 is 0 Å². The summed E-state index contributed by atoms with van der Waals surface area (Å²) >= 11 is 0. The molecule has 0 atom stereocenters. The summed E-state index contributed by atoms with van der Waals surface area (Å²) < 4.78 is 50.5. The fraction of sp³-hybridized carbons (Fsp3) is 0.294. The van der Waals surface area contributed by atoms with Gasteiger partial charge in [0.25, 0.3) is 10.0 Å². The van der Waals surface area contributed by atoms with Gasteiger partial charge in [-0.05, 0) is 73.2 Å². The molecule has 1 N–H and O–H groups in total. The fourth-order valence-electron chi connectivity index (χ4n) is 2.86. The van der Waals surface area contributed by atoms with Gasteiger partial charge in [-0.3, -0.25) is 4.72 Å². The minimum atomic E-state index is -3.69. The van der Waals surface area contributed by atoms with Crippen molar-refractivity contribution in [1.82, 2.24) is 0 Å². The molecule has 0 bridgehead atoms. The van der Waals surface area contributed by atoms with Gasteiger partial charge in [0.1, 0.15) is 0 Å². The number of rotatable bonds is 4. The Balaban J connectivity index is 1.86. The van der Waals surface area contributed by atoms with Crippen LogP contribution in [0.4, 0.5) is 5.69 Å².